The molecule has 0 radical (unpaired) electrons. The fraction of sp³-hybridized carbons (Fsp3) is 0.464. The Hall–Kier alpha value is -2.15. The molecule has 182 valence electrons. The first-order valence-electron chi connectivity index (χ1n) is 12.0. The number of hydrogen-bond acceptors (Lipinski definition) is 4. The van der Waals surface area contributed by atoms with Crippen molar-refractivity contribution < 1.29 is 18.8 Å². The van der Waals surface area contributed by atoms with Crippen LogP contribution in [-0.2, 0) is 18.8 Å². The fourth-order valence-electron chi connectivity index (χ4n) is 5.22. The van der Waals surface area contributed by atoms with Crippen LogP contribution >= 0.6 is 0 Å². The number of allylic oxidation sites excluding steroid dienone is 1. The summed E-state index contributed by atoms with van der Waals surface area (Å²) in [5, 5.41) is 2.58. The molecule has 0 saturated carbocycles. The van der Waals surface area contributed by atoms with Crippen LogP contribution in [0.5, 0.6) is 0 Å². The SMILES string of the molecule is C=C(B1OC(C)(C)C(C)(C)O1)[C@H](C(C)(C)COC(C)=O)[Si](C)(c1ccccc1)c1ccccc1. The van der Waals surface area contributed by atoms with Crippen LogP contribution in [0.1, 0.15) is 48.5 Å². The van der Waals surface area contributed by atoms with Crippen LogP contribution in [-0.4, -0.2) is 39.0 Å². The maximum atomic E-state index is 11.8. The Morgan fingerprint density at radius 1 is 0.971 bits per heavy atom. The van der Waals surface area contributed by atoms with Gasteiger partial charge in [0.2, 0.25) is 0 Å². The Balaban J connectivity index is 2.20. The first kappa shape index (κ1) is 26.5. The Labute approximate surface area is 206 Å². The Kier molecular flexibility index (Phi) is 7.38. The molecule has 1 aliphatic rings. The van der Waals surface area contributed by atoms with Gasteiger partial charge < -0.3 is 14.0 Å². The molecule has 1 atom stereocenters. The molecule has 4 nitrogen and oxygen atoms in total. The van der Waals surface area contributed by atoms with Crippen molar-refractivity contribution in [3.63, 3.8) is 0 Å². The van der Waals surface area contributed by atoms with Crippen molar-refractivity contribution in [1.29, 1.82) is 0 Å². The number of carbonyl (C=O) groups excluding carboxylic acids is 1. The van der Waals surface area contributed by atoms with Gasteiger partial charge in [-0.2, -0.15) is 0 Å². The van der Waals surface area contributed by atoms with Crippen molar-refractivity contribution in [2.75, 3.05) is 6.61 Å². The average molecular weight is 479 g/mol. The monoisotopic (exact) mass is 478 g/mol. The molecule has 2 aromatic rings. The van der Waals surface area contributed by atoms with Crippen molar-refractivity contribution >= 4 is 31.5 Å². The Bertz CT molecular complexity index is 962. The van der Waals surface area contributed by atoms with Crippen molar-refractivity contribution in [1.82, 2.24) is 0 Å². The van der Waals surface area contributed by atoms with Crippen LogP contribution in [0.2, 0.25) is 12.1 Å². The van der Waals surface area contributed by atoms with E-state index >= 15 is 0 Å². The molecule has 1 saturated heterocycles. The van der Waals surface area contributed by atoms with E-state index in [0.717, 1.165) is 5.47 Å². The largest absolute Gasteiger partial charge is 0.489 e. The second-order valence-corrected chi connectivity index (χ2v) is 15.4. The molecule has 34 heavy (non-hydrogen) atoms. The lowest BCUT2D eigenvalue weighted by Gasteiger charge is -2.47. The summed E-state index contributed by atoms with van der Waals surface area (Å²) >= 11 is 0. The smallest absolute Gasteiger partial charge is 0.465 e. The first-order valence-corrected chi connectivity index (χ1v) is 14.6. The third kappa shape index (κ3) is 4.95. The van der Waals surface area contributed by atoms with E-state index in [2.05, 4.69) is 103 Å². The molecule has 0 bridgehead atoms. The van der Waals surface area contributed by atoms with Gasteiger partial charge in [0.15, 0.2) is 0 Å². The van der Waals surface area contributed by atoms with Crippen molar-refractivity contribution in [2.24, 2.45) is 5.41 Å². The van der Waals surface area contributed by atoms with Crippen molar-refractivity contribution in [2.45, 2.75) is 71.8 Å². The van der Waals surface area contributed by atoms with Gasteiger partial charge in [-0.25, -0.2) is 0 Å². The highest BCUT2D eigenvalue weighted by molar-refractivity contribution is 7.03. The zero-order chi connectivity index (χ0) is 25.4. The molecule has 0 aliphatic carbocycles. The predicted molar refractivity (Wildman–Crippen MR) is 143 cm³/mol. The quantitative estimate of drug-likeness (QED) is 0.395. The zero-order valence-electron chi connectivity index (χ0n) is 22.0. The second kappa shape index (κ2) is 9.48. The highest BCUT2D eigenvalue weighted by Crippen LogP contribution is 2.49. The number of carbonyl (C=O) groups is 1. The first-order chi connectivity index (χ1) is 15.7. The summed E-state index contributed by atoms with van der Waals surface area (Å²) in [5.41, 5.74) is -0.499. The molecule has 0 amide bonds. The minimum atomic E-state index is -2.51. The minimum Gasteiger partial charge on any atom is -0.465 e. The molecule has 1 heterocycles. The molecule has 0 aromatic heterocycles. The van der Waals surface area contributed by atoms with Crippen LogP contribution in [0.4, 0.5) is 0 Å². The van der Waals surface area contributed by atoms with E-state index in [1.807, 2.05) is 12.1 Å². The summed E-state index contributed by atoms with van der Waals surface area (Å²) in [7, 11) is -3.06. The third-order valence-electron chi connectivity index (χ3n) is 7.68. The van der Waals surface area contributed by atoms with Gasteiger partial charge >= 0.3 is 13.1 Å². The average Bonchev–Trinajstić information content (AvgIpc) is 3.00. The normalized spacial score (nSPS) is 18.4. The lowest BCUT2D eigenvalue weighted by molar-refractivity contribution is -0.143. The Morgan fingerprint density at radius 2 is 1.38 bits per heavy atom. The summed E-state index contributed by atoms with van der Waals surface area (Å²) in [6.07, 6.45) is 0. The molecule has 2 aromatic carbocycles. The summed E-state index contributed by atoms with van der Waals surface area (Å²) in [5.74, 6) is -0.282. The van der Waals surface area contributed by atoms with E-state index in [9.17, 15) is 4.79 Å². The van der Waals surface area contributed by atoms with E-state index in [-0.39, 0.29) is 18.1 Å². The maximum absolute atomic E-state index is 11.8. The summed E-state index contributed by atoms with van der Waals surface area (Å²) in [6, 6.07) is 21.3. The Morgan fingerprint density at radius 3 is 1.76 bits per heavy atom. The highest BCUT2D eigenvalue weighted by atomic mass is 28.3. The maximum Gasteiger partial charge on any atom is 0.489 e. The third-order valence-corrected chi connectivity index (χ3v) is 13.1. The minimum absolute atomic E-state index is 0.0427. The van der Waals surface area contributed by atoms with Crippen LogP contribution in [0.25, 0.3) is 0 Å². The van der Waals surface area contributed by atoms with Gasteiger partial charge in [-0.1, -0.05) is 91.4 Å². The number of esters is 1. The lowest BCUT2D eigenvalue weighted by atomic mass is 9.70. The molecular formula is C28H39BO4Si. The van der Waals surface area contributed by atoms with Gasteiger partial charge in [0.05, 0.1) is 17.8 Å². The van der Waals surface area contributed by atoms with Gasteiger partial charge in [-0.15, -0.1) is 6.58 Å². The second-order valence-electron chi connectivity index (χ2n) is 11.3. The van der Waals surface area contributed by atoms with Gasteiger partial charge in [0, 0.05) is 12.3 Å². The molecule has 0 N–H and O–H groups in total. The van der Waals surface area contributed by atoms with Crippen LogP contribution in [0.15, 0.2) is 72.7 Å². The van der Waals surface area contributed by atoms with E-state index in [4.69, 9.17) is 14.0 Å². The van der Waals surface area contributed by atoms with Gasteiger partial charge in [0.1, 0.15) is 8.07 Å². The standard InChI is InChI=1S/C28H39BO4Si/c1-21(29-32-27(5,6)28(7,8)33-29)25(26(3,4)20-31-22(2)30)34(9,23-16-12-10-13-17-23)24-18-14-11-15-19-24/h10-19,25H,1,20H2,2-9H3/t25-/m1/s1. The summed E-state index contributed by atoms with van der Waals surface area (Å²) in [6.45, 7) is 21.3. The summed E-state index contributed by atoms with van der Waals surface area (Å²) < 4.78 is 18.6. The van der Waals surface area contributed by atoms with Gasteiger partial charge in [-0.3, -0.25) is 4.79 Å². The molecular weight excluding hydrogens is 439 g/mol. The number of hydrogen-bond donors (Lipinski definition) is 0. The number of rotatable bonds is 8. The molecule has 0 spiro atoms. The van der Waals surface area contributed by atoms with Crippen molar-refractivity contribution in [3.8, 4) is 0 Å². The summed E-state index contributed by atoms with van der Waals surface area (Å²) in [4.78, 5) is 11.8. The van der Waals surface area contributed by atoms with Crippen molar-refractivity contribution in [3.05, 3.63) is 72.7 Å². The van der Waals surface area contributed by atoms with Gasteiger partial charge in [-0.05, 0) is 38.7 Å². The van der Waals surface area contributed by atoms with E-state index < -0.39 is 31.8 Å². The highest BCUT2D eigenvalue weighted by Gasteiger charge is 2.58. The molecule has 3 rings (SSSR count). The predicted octanol–water partition coefficient (Wildman–Crippen LogP) is 5.03. The molecule has 0 unspecified atom stereocenters. The number of benzene rings is 2. The van der Waals surface area contributed by atoms with E-state index in [1.165, 1.54) is 17.3 Å². The topological polar surface area (TPSA) is 44.8 Å². The fourth-order valence-corrected chi connectivity index (χ4v) is 10.5. The van der Waals surface area contributed by atoms with Gasteiger partial charge in [0.25, 0.3) is 0 Å². The molecule has 1 fully saturated rings. The van der Waals surface area contributed by atoms with Crippen LogP contribution in [0.3, 0.4) is 0 Å². The molecule has 6 heteroatoms. The van der Waals surface area contributed by atoms with E-state index in [1.54, 1.807) is 0 Å². The van der Waals surface area contributed by atoms with Crippen LogP contribution in [0, 0.1) is 5.41 Å². The van der Waals surface area contributed by atoms with Crippen LogP contribution < -0.4 is 10.4 Å². The number of ether oxygens (including phenoxy) is 1. The molecule has 1 aliphatic heterocycles. The lowest BCUT2D eigenvalue weighted by Crippen LogP contribution is -2.64. The zero-order valence-corrected chi connectivity index (χ0v) is 23.0. The van der Waals surface area contributed by atoms with E-state index in [0.29, 0.717) is 0 Å².